The highest BCUT2D eigenvalue weighted by molar-refractivity contribution is 6.31. The van der Waals surface area contributed by atoms with Crippen LogP contribution in [0.1, 0.15) is 47.5 Å². The van der Waals surface area contributed by atoms with Crippen molar-refractivity contribution in [3.05, 3.63) is 213 Å². The number of fused-ring (bicyclic) bond motifs is 1. The molecule has 0 aliphatic carbocycles. The Labute approximate surface area is 397 Å². The fourth-order valence-corrected chi connectivity index (χ4v) is 7.10. The monoisotopic (exact) mass is 956 g/mol. The number of carbonyl (C=O) groups is 4. The van der Waals surface area contributed by atoms with Gasteiger partial charge in [0.1, 0.15) is 5.82 Å². The molecule has 0 saturated heterocycles. The van der Waals surface area contributed by atoms with E-state index in [0.29, 0.717) is 70.6 Å². The predicted octanol–water partition coefficient (Wildman–Crippen LogP) is 11.9. The molecule has 8 rings (SSSR count). The lowest BCUT2D eigenvalue weighted by atomic mass is 10.0. The number of nitrogens with one attached hydrogen (secondary N) is 1. The van der Waals surface area contributed by atoms with Crippen LogP contribution in [0, 0.1) is 5.82 Å². The highest BCUT2D eigenvalue weighted by Crippen LogP contribution is 2.35. The van der Waals surface area contributed by atoms with Crippen LogP contribution in [-0.4, -0.2) is 60.2 Å². The summed E-state index contributed by atoms with van der Waals surface area (Å²) in [5, 5.41) is 14.5. The molecule has 0 spiro atoms. The molecule has 7 aromatic rings. The molecule has 16 heteroatoms. The fraction of sp³-hybridized carbons (Fsp3) is 0.0400. The number of benzene rings is 5. The maximum absolute atomic E-state index is 13.1. The Morgan fingerprint density at radius 3 is 1.32 bits per heavy atom. The zero-order valence-corrected chi connectivity index (χ0v) is 37.3. The van der Waals surface area contributed by atoms with Crippen LogP contribution in [0.4, 0.5) is 4.39 Å². The summed E-state index contributed by atoms with van der Waals surface area (Å²) in [4.78, 5) is 70.1. The Bertz CT molecular complexity index is 2970. The summed E-state index contributed by atoms with van der Waals surface area (Å²) in [6.45, 7) is 7.48. The van der Waals surface area contributed by atoms with Gasteiger partial charge in [-0.05, 0) is 71.8 Å². The molecule has 0 radical (unpaired) electrons. The Kier molecular flexibility index (Phi) is 14.6. The highest BCUT2D eigenvalue weighted by Gasteiger charge is 2.40. The van der Waals surface area contributed by atoms with E-state index in [1.165, 1.54) is 24.3 Å². The van der Waals surface area contributed by atoms with Crippen molar-refractivity contribution in [3.63, 3.8) is 0 Å². The van der Waals surface area contributed by atoms with E-state index < -0.39 is 35.2 Å². The second-order valence-electron chi connectivity index (χ2n) is 14.3. The number of halogens is 5. The van der Waals surface area contributed by atoms with E-state index in [1.54, 1.807) is 115 Å². The minimum atomic E-state index is -1.41. The van der Waals surface area contributed by atoms with Crippen LogP contribution in [0.25, 0.3) is 45.0 Å². The molecule has 11 nitrogen and oxygen atoms in total. The topological polar surface area (TPSA) is 155 Å². The van der Waals surface area contributed by atoms with Crippen molar-refractivity contribution >= 4 is 70.1 Å². The van der Waals surface area contributed by atoms with E-state index in [-0.39, 0.29) is 35.9 Å². The van der Waals surface area contributed by atoms with Crippen LogP contribution in [0.2, 0.25) is 20.1 Å². The molecule has 3 amide bonds. The number of aromatic nitrogens is 4. The van der Waals surface area contributed by atoms with Gasteiger partial charge < -0.3 is 10.4 Å². The van der Waals surface area contributed by atoms with Crippen molar-refractivity contribution in [2.45, 2.75) is 6.54 Å². The Morgan fingerprint density at radius 1 is 0.576 bits per heavy atom. The van der Waals surface area contributed by atoms with Crippen LogP contribution >= 0.6 is 46.4 Å². The molecule has 5 aromatic carbocycles. The number of carboxylic acid groups (broad SMARTS) is 1. The normalized spacial score (nSPS) is 12.0. The number of carbonyl (C=O) groups excluding carboxylic acids is 3. The summed E-state index contributed by atoms with van der Waals surface area (Å²) < 4.78 is 13.1. The highest BCUT2D eigenvalue weighted by atomic mass is 35.5. The van der Waals surface area contributed by atoms with Crippen LogP contribution in [0.3, 0.4) is 0 Å². The molecular formula is C50H33Cl4FN6O5. The molecule has 0 unspecified atom stereocenters. The van der Waals surface area contributed by atoms with Gasteiger partial charge in [0, 0.05) is 48.9 Å². The summed E-state index contributed by atoms with van der Waals surface area (Å²) in [6.07, 6.45) is 4.84. The molecule has 2 aromatic heterocycles. The lowest BCUT2D eigenvalue weighted by Gasteiger charge is -2.14. The number of carboxylic acids is 1. The Hall–Kier alpha value is -7.35. The predicted molar refractivity (Wildman–Crippen MR) is 254 cm³/mol. The quantitative estimate of drug-likeness (QED) is 0.0899. The Morgan fingerprint density at radius 2 is 0.955 bits per heavy atom. The first-order chi connectivity index (χ1) is 31.7. The van der Waals surface area contributed by atoms with E-state index in [2.05, 4.69) is 38.4 Å². The first kappa shape index (κ1) is 46.6. The zero-order chi connectivity index (χ0) is 47.1. The average Bonchev–Trinajstić information content (AvgIpc) is 3.55. The van der Waals surface area contributed by atoms with E-state index >= 15 is 0 Å². The molecule has 1 aliphatic heterocycles. The molecule has 3 heterocycles. The van der Waals surface area contributed by atoms with Gasteiger partial charge in [-0.25, -0.2) is 29.1 Å². The van der Waals surface area contributed by atoms with Gasteiger partial charge in [0.05, 0.1) is 29.3 Å². The second kappa shape index (κ2) is 20.7. The number of hydrogen-bond acceptors (Lipinski definition) is 8. The average molecular weight is 959 g/mol. The smallest absolute Gasteiger partial charge is 0.357 e. The molecule has 66 heavy (non-hydrogen) atoms. The number of aromatic carboxylic acids is 1. The second-order valence-corrected chi connectivity index (χ2v) is 16.0. The van der Waals surface area contributed by atoms with Gasteiger partial charge in [-0.2, -0.15) is 0 Å². The van der Waals surface area contributed by atoms with Gasteiger partial charge in [0.15, 0.2) is 22.8 Å². The Balaban J connectivity index is 0.000000197. The van der Waals surface area contributed by atoms with Crippen molar-refractivity contribution in [2.75, 3.05) is 6.54 Å². The lowest BCUT2D eigenvalue weighted by molar-refractivity contribution is 0.0660. The van der Waals surface area contributed by atoms with Crippen LogP contribution < -0.4 is 5.32 Å². The van der Waals surface area contributed by atoms with Crippen LogP contribution in [0.5, 0.6) is 0 Å². The van der Waals surface area contributed by atoms with Gasteiger partial charge in [0.2, 0.25) is 0 Å². The van der Waals surface area contributed by atoms with E-state index in [4.69, 9.17) is 46.4 Å². The van der Waals surface area contributed by atoms with E-state index in [9.17, 15) is 28.7 Å². The van der Waals surface area contributed by atoms with Crippen molar-refractivity contribution in [1.29, 1.82) is 0 Å². The van der Waals surface area contributed by atoms with Gasteiger partial charge >= 0.3 is 5.97 Å². The summed E-state index contributed by atoms with van der Waals surface area (Å²) in [5.74, 6) is -3.55. The molecule has 0 saturated carbocycles. The van der Waals surface area contributed by atoms with Crippen LogP contribution in [0.15, 0.2) is 158 Å². The van der Waals surface area contributed by atoms with Crippen molar-refractivity contribution in [3.8, 4) is 45.0 Å². The van der Waals surface area contributed by atoms with Crippen molar-refractivity contribution in [1.82, 2.24) is 30.2 Å². The third-order valence-electron chi connectivity index (χ3n) is 9.88. The fourth-order valence-electron chi connectivity index (χ4n) is 6.59. The SMILES string of the molecule is C=C/C=C(\C=C)CN1C(=O)c2nc(-c3ccc(Cl)cc3)c(-c3ccc(Cl)cc3)nc2C1=O.O=C(O)c1nc(-c2ccc(Cl)cc2)c(-c2ccc(Cl)cc2)nc1C(=O)NCc1ccc(F)cc1. The first-order valence-corrected chi connectivity index (χ1v) is 21.2. The molecule has 2 N–H and O–H groups in total. The molecule has 328 valence electrons. The summed E-state index contributed by atoms with van der Waals surface area (Å²) in [5.41, 5.74) is 4.58. The van der Waals surface area contributed by atoms with Gasteiger partial charge in [-0.1, -0.05) is 138 Å². The number of allylic oxidation sites excluding steroid dienone is 2. The molecule has 0 atom stereocenters. The molecule has 1 aliphatic rings. The lowest BCUT2D eigenvalue weighted by Crippen LogP contribution is -2.31. The van der Waals surface area contributed by atoms with Gasteiger partial charge in [-0.15, -0.1) is 0 Å². The minimum absolute atomic E-state index is 0.0136. The summed E-state index contributed by atoms with van der Waals surface area (Å²) >= 11 is 24.1. The minimum Gasteiger partial charge on any atom is -0.476 e. The van der Waals surface area contributed by atoms with E-state index in [0.717, 1.165) is 4.90 Å². The number of amides is 3. The maximum Gasteiger partial charge on any atom is 0.357 e. The zero-order valence-electron chi connectivity index (χ0n) is 34.3. The number of rotatable bonds is 12. The molecular weight excluding hydrogens is 925 g/mol. The summed E-state index contributed by atoms with van der Waals surface area (Å²) in [7, 11) is 0. The van der Waals surface area contributed by atoms with E-state index in [1.807, 2.05) is 0 Å². The first-order valence-electron chi connectivity index (χ1n) is 19.7. The molecule has 0 bridgehead atoms. The van der Waals surface area contributed by atoms with Crippen LogP contribution in [-0.2, 0) is 6.54 Å². The molecule has 0 fully saturated rings. The standard InChI is InChI=1S/C25H16Cl2FN3O3.C25H17Cl2N3O2/c26-17-7-3-15(4-8-17)20-21(16-5-9-18(27)10-6-16)31-23(25(33)34)22(30-20)24(32)29-13-14-1-11-19(28)12-2-14;1-3-5-15(4-2)14-30-24(31)22-23(25(30)32)29-21(17-8-12-19(27)13-9-17)20(28-22)16-6-10-18(26)11-7-16/h1-12H,13H2,(H,29,32)(H,33,34);3-13H,1-2,14H2/b;15-5+. The van der Waals surface area contributed by atoms with Crippen molar-refractivity contribution in [2.24, 2.45) is 0 Å². The third kappa shape index (κ3) is 10.6. The van der Waals surface area contributed by atoms with Crippen molar-refractivity contribution < 1.29 is 28.7 Å². The number of hydrogen-bond donors (Lipinski definition) is 2. The summed E-state index contributed by atoms with van der Waals surface area (Å²) in [6, 6.07) is 33.0. The van der Waals surface area contributed by atoms with Gasteiger partial charge in [0.25, 0.3) is 17.7 Å². The largest absolute Gasteiger partial charge is 0.476 e. The number of nitrogens with zero attached hydrogens (tertiary/aromatic N) is 5. The maximum atomic E-state index is 13.1. The third-order valence-corrected chi connectivity index (χ3v) is 10.9. The van der Waals surface area contributed by atoms with Gasteiger partial charge in [-0.3, -0.25) is 19.3 Å². The number of imide groups is 1.